The Morgan fingerprint density at radius 3 is 2.79 bits per heavy atom. The molecule has 2 aromatic rings. The molecular formula is C13H13FN2O3. The summed E-state index contributed by atoms with van der Waals surface area (Å²) in [6, 6.07) is 4.74. The van der Waals surface area contributed by atoms with Crippen molar-refractivity contribution >= 4 is 22.8 Å². The van der Waals surface area contributed by atoms with Crippen LogP contribution in [0.3, 0.4) is 0 Å². The van der Waals surface area contributed by atoms with Crippen LogP contribution in [-0.4, -0.2) is 28.0 Å². The Labute approximate surface area is 108 Å². The molecule has 0 fully saturated rings. The zero-order valence-electron chi connectivity index (χ0n) is 10.2. The summed E-state index contributed by atoms with van der Waals surface area (Å²) in [4.78, 5) is 25.5. The maximum Gasteiger partial charge on any atom is 0.326 e. The van der Waals surface area contributed by atoms with E-state index in [9.17, 15) is 14.0 Å². The molecule has 0 saturated carbocycles. The minimum atomic E-state index is -1.09. The van der Waals surface area contributed by atoms with E-state index in [1.807, 2.05) is 0 Å². The maximum absolute atomic E-state index is 13.0. The summed E-state index contributed by atoms with van der Waals surface area (Å²) in [6.45, 7) is 1.67. The molecule has 100 valence electrons. The molecule has 0 radical (unpaired) electrons. The summed E-state index contributed by atoms with van der Waals surface area (Å²) in [5, 5.41) is 12.0. The number of aliphatic carboxylic acids is 1. The molecule has 0 spiro atoms. The molecule has 1 atom stereocenters. The summed E-state index contributed by atoms with van der Waals surface area (Å²) >= 11 is 0. The molecule has 2 rings (SSSR count). The Hall–Kier alpha value is -2.37. The van der Waals surface area contributed by atoms with Gasteiger partial charge in [0.2, 0.25) is 0 Å². The van der Waals surface area contributed by atoms with Crippen molar-refractivity contribution in [3.8, 4) is 0 Å². The van der Waals surface area contributed by atoms with Crippen molar-refractivity contribution in [2.45, 2.75) is 19.4 Å². The third-order valence-corrected chi connectivity index (χ3v) is 2.84. The number of carboxylic acid groups (broad SMARTS) is 1. The average Bonchev–Trinajstić information content (AvgIpc) is 2.78. The molecular weight excluding hydrogens is 251 g/mol. The molecule has 6 heteroatoms. The summed E-state index contributed by atoms with van der Waals surface area (Å²) in [6.07, 6.45) is 0.288. The van der Waals surface area contributed by atoms with Crippen molar-refractivity contribution in [3.63, 3.8) is 0 Å². The van der Waals surface area contributed by atoms with Crippen LogP contribution in [-0.2, 0) is 4.79 Å². The Balaban J connectivity index is 2.24. The van der Waals surface area contributed by atoms with E-state index in [1.165, 1.54) is 12.1 Å². The first-order valence-corrected chi connectivity index (χ1v) is 5.83. The van der Waals surface area contributed by atoms with E-state index in [1.54, 1.807) is 19.1 Å². The van der Waals surface area contributed by atoms with Crippen molar-refractivity contribution in [1.29, 1.82) is 0 Å². The molecule has 1 aromatic carbocycles. The van der Waals surface area contributed by atoms with Gasteiger partial charge in [-0.15, -0.1) is 0 Å². The van der Waals surface area contributed by atoms with Crippen LogP contribution < -0.4 is 5.32 Å². The third-order valence-electron chi connectivity index (χ3n) is 2.84. The number of nitrogens with one attached hydrogen (secondary N) is 2. The van der Waals surface area contributed by atoms with Crippen molar-refractivity contribution in [2.75, 3.05) is 0 Å². The van der Waals surface area contributed by atoms with Gasteiger partial charge in [-0.2, -0.15) is 0 Å². The number of rotatable bonds is 4. The van der Waals surface area contributed by atoms with Gasteiger partial charge in [0.25, 0.3) is 5.91 Å². The molecule has 0 bridgehead atoms. The van der Waals surface area contributed by atoms with Gasteiger partial charge in [0.15, 0.2) is 0 Å². The second-order valence-electron chi connectivity index (χ2n) is 4.19. The fourth-order valence-corrected chi connectivity index (χ4v) is 1.80. The normalized spacial score (nSPS) is 12.3. The van der Waals surface area contributed by atoms with Crippen molar-refractivity contribution < 1.29 is 19.1 Å². The van der Waals surface area contributed by atoms with Crippen molar-refractivity contribution in [2.24, 2.45) is 0 Å². The number of fused-ring (bicyclic) bond motifs is 1. The van der Waals surface area contributed by atoms with Crippen LogP contribution in [0.25, 0.3) is 10.9 Å². The van der Waals surface area contributed by atoms with Crippen LogP contribution in [0.15, 0.2) is 24.3 Å². The molecule has 0 aliphatic heterocycles. The molecule has 3 N–H and O–H groups in total. The summed E-state index contributed by atoms with van der Waals surface area (Å²) in [7, 11) is 0. The fourth-order valence-electron chi connectivity index (χ4n) is 1.80. The number of H-pyrrole nitrogens is 1. The lowest BCUT2D eigenvalue weighted by atomic mass is 10.2. The van der Waals surface area contributed by atoms with Gasteiger partial charge in [-0.3, -0.25) is 4.79 Å². The Morgan fingerprint density at radius 2 is 2.16 bits per heavy atom. The number of halogens is 1. The topological polar surface area (TPSA) is 82.2 Å². The Kier molecular flexibility index (Phi) is 3.50. The molecule has 1 heterocycles. The summed E-state index contributed by atoms with van der Waals surface area (Å²) < 4.78 is 13.0. The minimum Gasteiger partial charge on any atom is -0.480 e. The number of carbonyl (C=O) groups is 2. The molecule has 1 aromatic heterocycles. The van der Waals surface area contributed by atoms with Crippen LogP contribution in [0.5, 0.6) is 0 Å². The van der Waals surface area contributed by atoms with Crippen LogP contribution in [0.1, 0.15) is 23.8 Å². The van der Waals surface area contributed by atoms with E-state index >= 15 is 0 Å². The number of aromatic amines is 1. The van der Waals surface area contributed by atoms with Gasteiger partial charge < -0.3 is 15.4 Å². The van der Waals surface area contributed by atoms with Gasteiger partial charge in [-0.1, -0.05) is 6.92 Å². The minimum absolute atomic E-state index is 0.209. The van der Waals surface area contributed by atoms with Gasteiger partial charge in [0.1, 0.15) is 17.6 Å². The zero-order valence-corrected chi connectivity index (χ0v) is 10.2. The van der Waals surface area contributed by atoms with E-state index in [0.29, 0.717) is 10.9 Å². The first kappa shape index (κ1) is 13.1. The van der Waals surface area contributed by atoms with Crippen LogP contribution in [0.4, 0.5) is 4.39 Å². The lowest BCUT2D eigenvalue weighted by Crippen LogP contribution is -2.40. The average molecular weight is 264 g/mol. The van der Waals surface area contributed by atoms with E-state index in [0.717, 1.165) is 0 Å². The SMILES string of the molecule is CCC(NC(=O)c1cc2ccc(F)cc2[nH]1)C(=O)O. The predicted molar refractivity (Wildman–Crippen MR) is 67.4 cm³/mol. The lowest BCUT2D eigenvalue weighted by Gasteiger charge is -2.10. The first-order valence-electron chi connectivity index (χ1n) is 5.83. The first-order chi connectivity index (χ1) is 9.01. The van der Waals surface area contributed by atoms with Gasteiger partial charge in [-0.25, -0.2) is 9.18 Å². The van der Waals surface area contributed by atoms with E-state index < -0.39 is 23.7 Å². The Morgan fingerprint density at radius 1 is 1.42 bits per heavy atom. The molecule has 19 heavy (non-hydrogen) atoms. The highest BCUT2D eigenvalue weighted by Gasteiger charge is 2.19. The molecule has 0 saturated heterocycles. The van der Waals surface area contributed by atoms with Crippen molar-refractivity contribution in [1.82, 2.24) is 10.3 Å². The number of amides is 1. The smallest absolute Gasteiger partial charge is 0.326 e. The Bertz CT molecular complexity index is 636. The number of hydrogen-bond donors (Lipinski definition) is 3. The van der Waals surface area contributed by atoms with Gasteiger partial charge >= 0.3 is 5.97 Å². The quantitative estimate of drug-likeness (QED) is 0.788. The fraction of sp³-hybridized carbons (Fsp3) is 0.231. The lowest BCUT2D eigenvalue weighted by molar-refractivity contribution is -0.139. The number of hydrogen-bond acceptors (Lipinski definition) is 2. The second kappa shape index (κ2) is 5.09. The predicted octanol–water partition coefficient (Wildman–Crippen LogP) is 1.90. The van der Waals surface area contributed by atoms with Crippen LogP contribution >= 0.6 is 0 Å². The van der Waals surface area contributed by atoms with Gasteiger partial charge in [-0.05, 0) is 30.7 Å². The second-order valence-corrected chi connectivity index (χ2v) is 4.19. The standard InChI is InChI=1S/C13H13FN2O3/c1-2-9(13(18)19)16-12(17)11-5-7-3-4-8(14)6-10(7)15-11/h3-6,9,15H,2H2,1H3,(H,16,17)(H,18,19). The molecule has 1 amide bonds. The van der Waals surface area contributed by atoms with Gasteiger partial charge in [0, 0.05) is 10.9 Å². The highest BCUT2D eigenvalue weighted by molar-refractivity contribution is 5.99. The summed E-state index contributed by atoms with van der Waals surface area (Å²) in [5.41, 5.74) is 0.703. The largest absolute Gasteiger partial charge is 0.480 e. The summed E-state index contributed by atoms with van der Waals surface area (Å²) in [5.74, 6) is -2.01. The number of benzene rings is 1. The number of carboxylic acids is 1. The molecule has 0 aliphatic rings. The van der Waals surface area contributed by atoms with Crippen molar-refractivity contribution in [3.05, 3.63) is 35.8 Å². The molecule has 0 aliphatic carbocycles. The monoisotopic (exact) mass is 264 g/mol. The number of aromatic nitrogens is 1. The maximum atomic E-state index is 13.0. The molecule has 1 unspecified atom stereocenters. The van der Waals surface area contributed by atoms with E-state index in [4.69, 9.17) is 5.11 Å². The van der Waals surface area contributed by atoms with Gasteiger partial charge in [0.05, 0.1) is 0 Å². The van der Waals surface area contributed by atoms with Crippen LogP contribution in [0.2, 0.25) is 0 Å². The van der Waals surface area contributed by atoms with Crippen LogP contribution in [0, 0.1) is 5.82 Å². The number of carbonyl (C=O) groups excluding carboxylic acids is 1. The van der Waals surface area contributed by atoms with E-state index in [-0.39, 0.29) is 12.1 Å². The molecule has 5 nitrogen and oxygen atoms in total. The highest BCUT2D eigenvalue weighted by Crippen LogP contribution is 2.16. The third kappa shape index (κ3) is 2.73. The van der Waals surface area contributed by atoms with E-state index in [2.05, 4.69) is 10.3 Å². The highest BCUT2D eigenvalue weighted by atomic mass is 19.1. The zero-order chi connectivity index (χ0) is 14.0.